The number of aryl methyl sites for hydroxylation is 1. The molecule has 1 fully saturated rings. The molecule has 1 N–H and O–H groups in total. The maximum absolute atomic E-state index is 3.82. The average Bonchev–Trinajstić information content (AvgIpc) is 2.74. The molecule has 0 bridgehead atoms. The van der Waals surface area contributed by atoms with E-state index < -0.39 is 0 Å². The normalized spacial score (nSPS) is 16.9. The van der Waals surface area contributed by atoms with Crippen molar-refractivity contribution in [2.24, 2.45) is 5.92 Å². The molecule has 166 valence electrons. The van der Waals surface area contributed by atoms with E-state index in [0.29, 0.717) is 6.04 Å². The molecule has 0 unspecified atom stereocenters. The van der Waals surface area contributed by atoms with Crippen LogP contribution in [-0.4, -0.2) is 30.6 Å². The molecule has 0 aromatic heterocycles. The van der Waals surface area contributed by atoms with E-state index in [4.69, 9.17) is 0 Å². The number of nitrogens with zero attached hydrogens (tertiary/aromatic N) is 1. The molecule has 1 atom stereocenters. The fourth-order valence-corrected chi connectivity index (χ4v) is 4.52. The molecule has 2 rings (SSSR count). The third-order valence-corrected chi connectivity index (χ3v) is 6.70. The molecule has 1 aliphatic rings. The molecule has 0 saturated carbocycles. The molecule has 2 nitrogen and oxygen atoms in total. The number of hydrogen-bond acceptors (Lipinski definition) is 2. The highest BCUT2D eigenvalue weighted by Crippen LogP contribution is 2.19. The maximum Gasteiger partial charge on any atom is 0.0233 e. The fourth-order valence-electron chi connectivity index (χ4n) is 4.52. The Hall–Kier alpha value is -0.860. The Kier molecular flexibility index (Phi) is 12.6. The number of rotatable bonds is 15. The topological polar surface area (TPSA) is 15.3 Å². The summed E-state index contributed by atoms with van der Waals surface area (Å²) >= 11 is 0. The van der Waals surface area contributed by atoms with Gasteiger partial charge in [-0.25, -0.2) is 0 Å². The summed E-state index contributed by atoms with van der Waals surface area (Å²) in [5, 5.41) is 3.82. The first-order valence-electron chi connectivity index (χ1n) is 12.7. The van der Waals surface area contributed by atoms with Crippen LogP contribution >= 0.6 is 0 Å². The van der Waals surface area contributed by atoms with Crippen LogP contribution in [0.25, 0.3) is 0 Å². The van der Waals surface area contributed by atoms with E-state index in [1.165, 1.54) is 108 Å². The van der Waals surface area contributed by atoms with Crippen LogP contribution in [0.2, 0.25) is 0 Å². The van der Waals surface area contributed by atoms with Gasteiger partial charge in [-0.1, -0.05) is 83.1 Å². The zero-order chi connectivity index (χ0) is 20.7. The van der Waals surface area contributed by atoms with Gasteiger partial charge in [0.05, 0.1) is 0 Å². The Bertz CT molecular complexity index is 502. The highest BCUT2D eigenvalue weighted by molar-refractivity contribution is 5.22. The van der Waals surface area contributed by atoms with Crippen molar-refractivity contribution in [1.29, 1.82) is 0 Å². The summed E-state index contributed by atoms with van der Waals surface area (Å²) in [5.74, 6) is 0.870. The van der Waals surface area contributed by atoms with E-state index in [0.717, 1.165) is 12.5 Å². The second-order valence-electron chi connectivity index (χ2n) is 9.51. The summed E-state index contributed by atoms with van der Waals surface area (Å²) < 4.78 is 0. The lowest BCUT2D eigenvalue weighted by molar-refractivity contribution is 0.173. The highest BCUT2D eigenvalue weighted by atomic mass is 15.1. The van der Waals surface area contributed by atoms with E-state index in [-0.39, 0.29) is 0 Å². The first-order valence-corrected chi connectivity index (χ1v) is 12.7. The van der Waals surface area contributed by atoms with E-state index >= 15 is 0 Å². The Morgan fingerprint density at radius 2 is 1.48 bits per heavy atom. The van der Waals surface area contributed by atoms with Gasteiger partial charge >= 0.3 is 0 Å². The van der Waals surface area contributed by atoms with Crippen molar-refractivity contribution in [3.05, 3.63) is 35.4 Å². The zero-order valence-electron chi connectivity index (χ0n) is 19.7. The molecular formula is C27H48N2. The largest absolute Gasteiger partial charge is 0.314 e. The van der Waals surface area contributed by atoms with Crippen LogP contribution in [0.5, 0.6) is 0 Å². The molecule has 2 heteroatoms. The number of unbranched alkanes of at least 4 members (excludes halogenated alkanes) is 6. The molecule has 0 amide bonds. The Morgan fingerprint density at radius 3 is 2.17 bits per heavy atom. The lowest BCUT2D eigenvalue weighted by atomic mass is 9.95. The zero-order valence-corrected chi connectivity index (χ0v) is 19.7. The van der Waals surface area contributed by atoms with Crippen molar-refractivity contribution in [1.82, 2.24) is 10.2 Å². The summed E-state index contributed by atoms with van der Waals surface area (Å²) in [6, 6.07) is 10.1. The smallest absolute Gasteiger partial charge is 0.0233 e. The van der Waals surface area contributed by atoms with E-state index in [1.54, 1.807) is 0 Å². The third-order valence-electron chi connectivity index (χ3n) is 6.70. The van der Waals surface area contributed by atoms with Crippen molar-refractivity contribution in [2.45, 2.75) is 110 Å². The molecule has 1 aliphatic heterocycles. The minimum Gasteiger partial charge on any atom is -0.314 e. The molecule has 1 aromatic rings. The monoisotopic (exact) mass is 400 g/mol. The van der Waals surface area contributed by atoms with Gasteiger partial charge < -0.3 is 5.32 Å². The van der Waals surface area contributed by atoms with Crippen LogP contribution in [0, 0.1) is 5.92 Å². The second-order valence-corrected chi connectivity index (χ2v) is 9.51. The number of piperidine rings is 1. The lowest BCUT2D eigenvalue weighted by Crippen LogP contribution is -2.38. The van der Waals surface area contributed by atoms with E-state index in [2.05, 4.69) is 55.3 Å². The first-order chi connectivity index (χ1) is 14.2. The third kappa shape index (κ3) is 10.6. The van der Waals surface area contributed by atoms with Gasteiger partial charge in [-0.3, -0.25) is 4.90 Å². The minimum atomic E-state index is 0.686. The lowest BCUT2D eigenvalue weighted by Gasteiger charge is -2.32. The molecule has 0 aliphatic carbocycles. The quantitative estimate of drug-likeness (QED) is 0.320. The predicted octanol–water partition coefficient (Wildman–Crippen LogP) is 6.97. The SMILES string of the molecule is CCCCCCC[C@H](C)NCC1CCN(Cc2ccc(CCCCC)cc2)CC1. The number of hydrogen-bond donors (Lipinski definition) is 1. The van der Waals surface area contributed by atoms with Gasteiger partial charge in [0.2, 0.25) is 0 Å². The number of likely N-dealkylation sites (tertiary alicyclic amines) is 1. The summed E-state index contributed by atoms with van der Waals surface area (Å²) in [6.45, 7) is 11.8. The van der Waals surface area contributed by atoms with Crippen molar-refractivity contribution >= 4 is 0 Å². The summed E-state index contributed by atoms with van der Waals surface area (Å²) in [6.07, 6.45) is 16.3. The van der Waals surface area contributed by atoms with Crippen LogP contribution in [0.4, 0.5) is 0 Å². The molecule has 1 heterocycles. The van der Waals surface area contributed by atoms with Crippen LogP contribution in [0.3, 0.4) is 0 Å². The molecule has 29 heavy (non-hydrogen) atoms. The molecule has 0 spiro atoms. The van der Waals surface area contributed by atoms with Crippen molar-refractivity contribution in [3.63, 3.8) is 0 Å². The van der Waals surface area contributed by atoms with Crippen molar-refractivity contribution in [2.75, 3.05) is 19.6 Å². The van der Waals surface area contributed by atoms with Gasteiger partial charge in [-0.05, 0) is 75.7 Å². The van der Waals surface area contributed by atoms with Gasteiger partial charge in [-0.2, -0.15) is 0 Å². The van der Waals surface area contributed by atoms with Crippen molar-refractivity contribution < 1.29 is 0 Å². The summed E-state index contributed by atoms with van der Waals surface area (Å²) in [5.41, 5.74) is 2.99. The molecular weight excluding hydrogens is 352 g/mol. The Balaban J connectivity index is 1.56. The predicted molar refractivity (Wildman–Crippen MR) is 129 cm³/mol. The van der Waals surface area contributed by atoms with Gasteiger partial charge in [0.25, 0.3) is 0 Å². The van der Waals surface area contributed by atoms with Crippen LogP contribution in [0.15, 0.2) is 24.3 Å². The van der Waals surface area contributed by atoms with Crippen LogP contribution in [0.1, 0.15) is 103 Å². The minimum absolute atomic E-state index is 0.686. The maximum atomic E-state index is 3.82. The molecule has 1 aromatic carbocycles. The average molecular weight is 401 g/mol. The van der Waals surface area contributed by atoms with E-state index in [9.17, 15) is 0 Å². The van der Waals surface area contributed by atoms with Gasteiger partial charge in [-0.15, -0.1) is 0 Å². The van der Waals surface area contributed by atoms with Gasteiger partial charge in [0.1, 0.15) is 0 Å². The Labute approximate surface area is 181 Å². The summed E-state index contributed by atoms with van der Waals surface area (Å²) in [7, 11) is 0. The van der Waals surface area contributed by atoms with Crippen molar-refractivity contribution in [3.8, 4) is 0 Å². The number of benzene rings is 1. The molecule has 1 saturated heterocycles. The fraction of sp³-hybridized carbons (Fsp3) is 0.778. The highest BCUT2D eigenvalue weighted by Gasteiger charge is 2.19. The van der Waals surface area contributed by atoms with Crippen LogP contribution < -0.4 is 5.32 Å². The van der Waals surface area contributed by atoms with Gasteiger partial charge in [0, 0.05) is 12.6 Å². The standard InChI is InChI=1S/C27H48N2/c1-4-6-8-9-11-12-24(3)28-22-26-18-20-29(21-19-26)23-27-16-14-25(15-17-27)13-10-7-5-2/h14-17,24,26,28H,4-13,18-23H2,1-3H3/t24-/m0/s1. The molecule has 0 radical (unpaired) electrons. The Morgan fingerprint density at radius 1 is 0.862 bits per heavy atom. The van der Waals surface area contributed by atoms with Crippen LogP contribution in [-0.2, 0) is 13.0 Å². The van der Waals surface area contributed by atoms with Gasteiger partial charge in [0.15, 0.2) is 0 Å². The van der Waals surface area contributed by atoms with E-state index in [1.807, 2.05) is 0 Å². The summed E-state index contributed by atoms with van der Waals surface area (Å²) in [4.78, 5) is 2.65. The second kappa shape index (κ2) is 15.0. The first kappa shape index (κ1) is 24.4. The number of nitrogens with one attached hydrogen (secondary N) is 1.